The van der Waals surface area contributed by atoms with E-state index in [-0.39, 0.29) is 25.3 Å². The third kappa shape index (κ3) is 7.04. The summed E-state index contributed by atoms with van der Waals surface area (Å²) < 4.78 is 41.3. The van der Waals surface area contributed by atoms with E-state index >= 15 is 0 Å². The van der Waals surface area contributed by atoms with E-state index in [1.165, 1.54) is 7.11 Å². The Morgan fingerprint density at radius 2 is 1.85 bits per heavy atom. The first kappa shape index (κ1) is 20.6. The molecule has 0 saturated carbocycles. The molecule has 0 radical (unpaired) electrons. The maximum Gasteiger partial charge on any atom is 0.490 e. The highest BCUT2D eigenvalue weighted by Crippen LogP contribution is 2.14. The van der Waals surface area contributed by atoms with Crippen LogP contribution < -0.4 is 5.73 Å². The van der Waals surface area contributed by atoms with Gasteiger partial charge in [0.1, 0.15) is 5.76 Å². The van der Waals surface area contributed by atoms with Crippen LogP contribution in [0.3, 0.4) is 0 Å². The summed E-state index contributed by atoms with van der Waals surface area (Å²) in [6.07, 6.45) is -5.08. The fourth-order valence-electron chi connectivity index (χ4n) is 0.808. The summed E-state index contributed by atoms with van der Waals surface area (Å²) in [4.78, 5) is 19.8. The van der Waals surface area contributed by atoms with Gasteiger partial charge in [-0.3, -0.25) is 0 Å². The molecule has 0 bridgehead atoms. The monoisotopic (exact) mass is 317 g/mol. The number of carboxylic acids is 1. The van der Waals surface area contributed by atoms with E-state index in [2.05, 4.69) is 4.74 Å². The van der Waals surface area contributed by atoms with Crippen molar-refractivity contribution in [3.05, 3.63) is 23.7 Å². The first-order chi connectivity index (χ1) is 8.59. The molecule has 1 aromatic rings. The van der Waals surface area contributed by atoms with Crippen molar-refractivity contribution < 1.29 is 37.0 Å². The largest absolute Gasteiger partial charge is 0.490 e. The number of carbonyl (C=O) groups is 2. The van der Waals surface area contributed by atoms with Gasteiger partial charge in [0.2, 0.25) is 5.76 Å². The molecule has 116 valence electrons. The van der Waals surface area contributed by atoms with Gasteiger partial charge >= 0.3 is 18.1 Å². The van der Waals surface area contributed by atoms with Gasteiger partial charge in [0.05, 0.1) is 13.2 Å². The summed E-state index contributed by atoms with van der Waals surface area (Å²) >= 11 is 0. The molecule has 0 spiro atoms. The summed E-state index contributed by atoms with van der Waals surface area (Å²) in [6.45, 7) is 1.78. The first-order valence-corrected chi connectivity index (χ1v) is 4.83. The third-order valence-electron chi connectivity index (χ3n) is 1.70. The van der Waals surface area contributed by atoms with E-state index in [9.17, 15) is 18.0 Å². The number of carboxylic acid groups (broad SMARTS) is 1. The van der Waals surface area contributed by atoms with Crippen LogP contribution in [-0.4, -0.2) is 30.3 Å². The van der Waals surface area contributed by atoms with Gasteiger partial charge in [0.25, 0.3) is 0 Å². The second kappa shape index (κ2) is 8.48. The topological polar surface area (TPSA) is 103 Å². The zero-order chi connectivity index (χ0) is 15.2. The van der Waals surface area contributed by atoms with Crippen molar-refractivity contribution >= 4 is 25.4 Å². The van der Waals surface area contributed by atoms with Gasteiger partial charge in [0, 0.05) is 0 Å². The number of hydrogen-bond acceptors (Lipinski definition) is 5. The number of carbonyl (C=O) groups excluding carboxylic acids is 1. The number of furan rings is 1. The molecule has 0 aliphatic heterocycles. The molecule has 0 saturated heterocycles. The number of rotatable bonds is 2. The number of ether oxygens (including phenoxy) is 1. The van der Waals surface area contributed by atoms with Crippen LogP contribution in [0.1, 0.15) is 29.3 Å². The van der Waals surface area contributed by atoms with Gasteiger partial charge in [-0.25, -0.2) is 9.59 Å². The van der Waals surface area contributed by atoms with Gasteiger partial charge in [-0.1, -0.05) is 0 Å². The van der Waals surface area contributed by atoms with Crippen LogP contribution in [0.4, 0.5) is 13.2 Å². The lowest BCUT2D eigenvalue weighted by atomic mass is 10.3. The molecule has 1 atom stereocenters. The maximum atomic E-state index is 10.9. The Kier molecular flexibility index (Phi) is 8.75. The van der Waals surface area contributed by atoms with Gasteiger partial charge in [-0.15, -0.1) is 0 Å². The SMILES string of the molecule is COC(=O)c1ccc([C@H](C)N)o1.O=C(O)C(F)(F)F.S. The quantitative estimate of drug-likeness (QED) is 0.807. The van der Waals surface area contributed by atoms with Crippen LogP contribution in [0.25, 0.3) is 0 Å². The van der Waals surface area contributed by atoms with Crippen molar-refractivity contribution in [1.82, 2.24) is 0 Å². The summed E-state index contributed by atoms with van der Waals surface area (Å²) in [5, 5.41) is 7.12. The molecule has 1 aromatic heterocycles. The van der Waals surface area contributed by atoms with Crippen LogP contribution in [0, 0.1) is 0 Å². The zero-order valence-electron chi connectivity index (χ0n) is 10.5. The van der Waals surface area contributed by atoms with Crippen molar-refractivity contribution in [1.29, 1.82) is 0 Å². The van der Waals surface area contributed by atoms with Gasteiger partial charge in [-0.2, -0.15) is 26.7 Å². The lowest BCUT2D eigenvalue weighted by Crippen LogP contribution is -2.21. The van der Waals surface area contributed by atoms with Crippen molar-refractivity contribution in [3.63, 3.8) is 0 Å². The molecule has 0 aromatic carbocycles. The highest BCUT2D eigenvalue weighted by atomic mass is 32.1. The van der Waals surface area contributed by atoms with Crippen LogP contribution in [-0.2, 0) is 9.53 Å². The van der Waals surface area contributed by atoms with Crippen LogP contribution in [0.2, 0.25) is 0 Å². The Morgan fingerprint density at radius 1 is 1.40 bits per heavy atom. The van der Waals surface area contributed by atoms with Crippen LogP contribution in [0.15, 0.2) is 16.5 Å². The minimum absolute atomic E-state index is 0. The standard InChI is InChI=1S/C8H11NO3.C2HF3O2.H2S/c1-5(9)6-3-4-7(12-6)8(10)11-2;3-2(4,5)1(6)7;/h3-5H,9H2,1-2H3;(H,6,7);1H2/t5-;;/m0../s1. The number of aliphatic carboxylic acids is 1. The Labute approximate surface area is 119 Å². The lowest BCUT2D eigenvalue weighted by Gasteiger charge is -1.98. The molecule has 10 heteroatoms. The minimum Gasteiger partial charge on any atom is -0.475 e. The number of alkyl halides is 3. The highest BCUT2D eigenvalue weighted by Gasteiger charge is 2.38. The van der Waals surface area contributed by atoms with E-state index in [1.54, 1.807) is 19.1 Å². The molecule has 0 aliphatic carbocycles. The minimum atomic E-state index is -5.08. The van der Waals surface area contributed by atoms with E-state index in [0.717, 1.165) is 0 Å². The Morgan fingerprint density at radius 3 is 2.10 bits per heavy atom. The number of halogens is 3. The second-order valence-electron chi connectivity index (χ2n) is 3.29. The third-order valence-corrected chi connectivity index (χ3v) is 1.70. The van der Waals surface area contributed by atoms with E-state index < -0.39 is 18.1 Å². The second-order valence-corrected chi connectivity index (χ2v) is 3.29. The molecular formula is C10H14F3NO5S. The van der Waals surface area contributed by atoms with E-state index in [1.807, 2.05) is 0 Å². The average molecular weight is 317 g/mol. The van der Waals surface area contributed by atoms with E-state index in [0.29, 0.717) is 5.76 Å². The molecule has 0 fully saturated rings. The summed E-state index contributed by atoms with van der Waals surface area (Å²) in [6, 6.07) is 3.00. The fourth-order valence-corrected chi connectivity index (χ4v) is 0.808. The fraction of sp³-hybridized carbons (Fsp3) is 0.400. The molecule has 0 aliphatic rings. The highest BCUT2D eigenvalue weighted by molar-refractivity contribution is 7.59. The number of methoxy groups -OCH3 is 1. The van der Waals surface area contributed by atoms with Crippen molar-refractivity contribution in [3.8, 4) is 0 Å². The Hall–Kier alpha value is -1.68. The van der Waals surface area contributed by atoms with Gasteiger partial charge in [-0.05, 0) is 19.1 Å². The van der Waals surface area contributed by atoms with Crippen molar-refractivity contribution in [2.45, 2.75) is 19.1 Å². The smallest absolute Gasteiger partial charge is 0.475 e. The molecule has 6 nitrogen and oxygen atoms in total. The van der Waals surface area contributed by atoms with E-state index in [4.69, 9.17) is 20.1 Å². The molecule has 1 rings (SSSR count). The molecule has 20 heavy (non-hydrogen) atoms. The summed E-state index contributed by atoms with van der Waals surface area (Å²) in [5.74, 6) is -2.48. The summed E-state index contributed by atoms with van der Waals surface area (Å²) in [7, 11) is 1.30. The average Bonchev–Trinajstić information content (AvgIpc) is 2.76. The van der Waals surface area contributed by atoms with Crippen molar-refractivity contribution in [2.75, 3.05) is 7.11 Å². The van der Waals surface area contributed by atoms with Crippen molar-refractivity contribution in [2.24, 2.45) is 5.73 Å². The zero-order valence-corrected chi connectivity index (χ0v) is 11.5. The lowest BCUT2D eigenvalue weighted by molar-refractivity contribution is -0.192. The molecule has 0 unspecified atom stereocenters. The summed E-state index contributed by atoms with van der Waals surface area (Å²) in [5.41, 5.74) is 5.52. The van der Waals surface area contributed by atoms with Crippen LogP contribution >= 0.6 is 13.5 Å². The molecule has 0 amide bonds. The Bertz CT molecular complexity index is 444. The Balaban J connectivity index is 0. The number of nitrogens with two attached hydrogens (primary N) is 1. The maximum absolute atomic E-state index is 10.9. The molecule has 1 heterocycles. The van der Waals surface area contributed by atoms with Gasteiger partial charge in [0.15, 0.2) is 0 Å². The number of hydrogen-bond donors (Lipinski definition) is 2. The predicted octanol–water partition coefficient (Wildman–Crippen LogP) is 1.83. The van der Waals surface area contributed by atoms with Crippen LogP contribution in [0.5, 0.6) is 0 Å². The molecular weight excluding hydrogens is 303 g/mol. The first-order valence-electron chi connectivity index (χ1n) is 4.83. The normalized spacial score (nSPS) is 11.5. The number of esters is 1. The van der Waals surface area contributed by atoms with Gasteiger partial charge < -0.3 is 20.0 Å². The molecule has 3 N–H and O–H groups in total. The predicted molar refractivity (Wildman–Crippen MR) is 66.7 cm³/mol.